The van der Waals surface area contributed by atoms with E-state index in [1.165, 1.54) is 5.56 Å². The van der Waals surface area contributed by atoms with Crippen molar-refractivity contribution in [2.24, 2.45) is 0 Å². The van der Waals surface area contributed by atoms with Crippen molar-refractivity contribution in [1.29, 1.82) is 0 Å². The molecule has 0 bridgehead atoms. The molecule has 0 aromatic heterocycles. The minimum absolute atomic E-state index is 0.0181. The Morgan fingerprint density at radius 2 is 1.69 bits per heavy atom. The summed E-state index contributed by atoms with van der Waals surface area (Å²) in [5.41, 5.74) is 1.16. The Balaban J connectivity index is 2.19. The van der Waals surface area contributed by atoms with Crippen LogP contribution in [-0.4, -0.2) is 31.1 Å². The maximum absolute atomic E-state index is 12.9. The third-order valence-corrected chi connectivity index (χ3v) is 3.46. The second-order valence-corrected chi connectivity index (χ2v) is 4.80. The van der Waals surface area contributed by atoms with Crippen LogP contribution in [0.15, 0.2) is 24.3 Å². The summed E-state index contributed by atoms with van der Waals surface area (Å²) < 4.78 is 12.9. The molecule has 1 fully saturated rings. The van der Waals surface area contributed by atoms with Gasteiger partial charge in [-0.25, -0.2) is 4.39 Å². The van der Waals surface area contributed by atoms with Crippen molar-refractivity contribution in [3.05, 3.63) is 35.6 Å². The van der Waals surface area contributed by atoms with Gasteiger partial charge in [-0.1, -0.05) is 12.1 Å². The van der Waals surface area contributed by atoms with Gasteiger partial charge in [0.2, 0.25) is 0 Å². The number of nitrogens with one attached hydrogen (secondary N) is 1. The molecule has 0 unspecified atom stereocenters. The third kappa shape index (κ3) is 2.25. The van der Waals surface area contributed by atoms with Crippen molar-refractivity contribution >= 4 is 0 Å². The highest BCUT2D eigenvalue weighted by Gasteiger charge is 2.29. The van der Waals surface area contributed by atoms with Crippen LogP contribution in [0.1, 0.15) is 19.4 Å². The monoisotopic (exact) mass is 222 g/mol. The first-order valence-corrected chi connectivity index (χ1v) is 5.82. The molecule has 2 nitrogen and oxygen atoms in total. The Labute approximate surface area is 96.5 Å². The zero-order chi connectivity index (χ0) is 11.6. The highest BCUT2D eigenvalue weighted by molar-refractivity contribution is 5.23. The summed E-state index contributed by atoms with van der Waals surface area (Å²) in [6.07, 6.45) is 0. The van der Waals surface area contributed by atoms with E-state index in [1.807, 2.05) is 12.1 Å². The Morgan fingerprint density at radius 1 is 1.12 bits per heavy atom. The summed E-state index contributed by atoms with van der Waals surface area (Å²) in [4.78, 5) is 2.44. The molecule has 16 heavy (non-hydrogen) atoms. The first kappa shape index (κ1) is 11.6. The highest BCUT2D eigenvalue weighted by atomic mass is 19.1. The predicted octanol–water partition coefficient (Wildman–Crippen LogP) is 1.97. The molecule has 0 amide bonds. The summed E-state index contributed by atoms with van der Waals surface area (Å²) in [5, 5.41) is 3.35. The van der Waals surface area contributed by atoms with Crippen LogP contribution >= 0.6 is 0 Å². The van der Waals surface area contributed by atoms with E-state index in [0.717, 1.165) is 26.2 Å². The smallest absolute Gasteiger partial charge is 0.123 e. The summed E-state index contributed by atoms with van der Waals surface area (Å²) >= 11 is 0. The number of halogens is 1. The van der Waals surface area contributed by atoms with Crippen LogP contribution in [0.2, 0.25) is 0 Å². The quantitative estimate of drug-likeness (QED) is 0.823. The van der Waals surface area contributed by atoms with Crippen molar-refractivity contribution in [2.75, 3.05) is 26.2 Å². The van der Waals surface area contributed by atoms with E-state index in [4.69, 9.17) is 0 Å². The van der Waals surface area contributed by atoms with Crippen molar-refractivity contribution in [2.45, 2.75) is 19.4 Å². The fourth-order valence-corrected chi connectivity index (χ4v) is 2.26. The van der Waals surface area contributed by atoms with E-state index < -0.39 is 0 Å². The number of rotatable bonds is 2. The van der Waals surface area contributed by atoms with E-state index in [0.29, 0.717) is 0 Å². The number of nitrogens with zero attached hydrogens (tertiary/aromatic N) is 1. The van der Waals surface area contributed by atoms with Crippen LogP contribution in [0.4, 0.5) is 4.39 Å². The van der Waals surface area contributed by atoms with E-state index in [1.54, 1.807) is 12.1 Å². The zero-order valence-electron chi connectivity index (χ0n) is 9.96. The van der Waals surface area contributed by atoms with Gasteiger partial charge >= 0.3 is 0 Å². The number of benzene rings is 1. The van der Waals surface area contributed by atoms with E-state index in [9.17, 15) is 4.39 Å². The average Bonchev–Trinajstić information content (AvgIpc) is 2.31. The lowest BCUT2D eigenvalue weighted by Crippen LogP contribution is -2.51. The van der Waals surface area contributed by atoms with Crippen LogP contribution in [0.3, 0.4) is 0 Å². The Kier molecular flexibility index (Phi) is 3.26. The molecule has 88 valence electrons. The lowest BCUT2D eigenvalue weighted by atomic mass is 9.91. The minimum Gasteiger partial charge on any atom is -0.314 e. The van der Waals surface area contributed by atoms with Gasteiger partial charge in [-0.15, -0.1) is 0 Å². The van der Waals surface area contributed by atoms with Gasteiger partial charge in [-0.2, -0.15) is 0 Å². The summed E-state index contributed by atoms with van der Waals surface area (Å²) in [6, 6.07) is 6.85. The fourth-order valence-electron chi connectivity index (χ4n) is 2.26. The molecule has 3 heteroatoms. The molecule has 0 spiro atoms. The molecule has 1 N–H and O–H groups in total. The van der Waals surface area contributed by atoms with Crippen molar-refractivity contribution in [1.82, 2.24) is 10.2 Å². The number of hydrogen-bond acceptors (Lipinski definition) is 2. The molecule has 1 heterocycles. The molecule has 1 aliphatic rings. The lowest BCUT2D eigenvalue weighted by molar-refractivity contribution is 0.102. The molecular weight excluding hydrogens is 203 g/mol. The maximum Gasteiger partial charge on any atom is 0.123 e. The van der Waals surface area contributed by atoms with Gasteiger partial charge in [-0.3, -0.25) is 4.90 Å². The van der Waals surface area contributed by atoms with E-state index >= 15 is 0 Å². The summed E-state index contributed by atoms with van der Waals surface area (Å²) in [7, 11) is 0. The van der Waals surface area contributed by atoms with Crippen LogP contribution in [0.25, 0.3) is 0 Å². The van der Waals surface area contributed by atoms with Crippen LogP contribution < -0.4 is 5.32 Å². The molecule has 1 aromatic carbocycles. The summed E-state index contributed by atoms with van der Waals surface area (Å²) in [5.74, 6) is -0.167. The third-order valence-electron chi connectivity index (χ3n) is 3.46. The standard InChI is InChI=1S/C13H19FN2/c1-13(2,16-9-7-15-8-10-16)11-3-5-12(14)6-4-11/h3-6,15H,7-10H2,1-2H3. The second kappa shape index (κ2) is 4.52. The van der Waals surface area contributed by atoms with Gasteiger partial charge in [0, 0.05) is 31.7 Å². The van der Waals surface area contributed by atoms with E-state index in [2.05, 4.69) is 24.1 Å². The van der Waals surface area contributed by atoms with Gasteiger partial charge in [-0.05, 0) is 31.5 Å². The van der Waals surface area contributed by atoms with Gasteiger partial charge < -0.3 is 5.32 Å². The molecule has 2 rings (SSSR count). The number of piperazine rings is 1. The van der Waals surface area contributed by atoms with Gasteiger partial charge in [0.25, 0.3) is 0 Å². The topological polar surface area (TPSA) is 15.3 Å². The van der Waals surface area contributed by atoms with Crippen LogP contribution in [0, 0.1) is 5.82 Å². The largest absolute Gasteiger partial charge is 0.314 e. The first-order valence-electron chi connectivity index (χ1n) is 5.82. The van der Waals surface area contributed by atoms with Crippen molar-refractivity contribution < 1.29 is 4.39 Å². The SMILES string of the molecule is CC(C)(c1ccc(F)cc1)N1CCNCC1. The Morgan fingerprint density at radius 3 is 2.25 bits per heavy atom. The van der Waals surface area contributed by atoms with Crippen LogP contribution in [-0.2, 0) is 5.54 Å². The molecule has 0 radical (unpaired) electrons. The van der Waals surface area contributed by atoms with Gasteiger partial charge in [0.1, 0.15) is 5.82 Å². The second-order valence-electron chi connectivity index (χ2n) is 4.80. The summed E-state index contributed by atoms with van der Waals surface area (Å²) in [6.45, 7) is 8.56. The van der Waals surface area contributed by atoms with Crippen molar-refractivity contribution in [3.8, 4) is 0 Å². The minimum atomic E-state index is -0.167. The first-order chi connectivity index (χ1) is 7.60. The van der Waals surface area contributed by atoms with Gasteiger partial charge in [0.15, 0.2) is 0 Å². The van der Waals surface area contributed by atoms with E-state index in [-0.39, 0.29) is 11.4 Å². The molecule has 1 aromatic rings. The Bertz CT molecular complexity index is 339. The fraction of sp³-hybridized carbons (Fsp3) is 0.538. The zero-order valence-corrected chi connectivity index (χ0v) is 9.96. The molecule has 1 saturated heterocycles. The molecule has 0 atom stereocenters. The molecule has 1 aliphatic heterocycles. The highest BCUT2D eigenvalue weighted by Crippen LogP contribution is 2.27. The Hall–Kier alpha value is -0.930. The van der Waals surface area contributed by atoms with Crippen molar-refractivity contribution in [3.63, 3.8) is 0 Å². The average molecular weight is 222 g/mol. The molecule has 0 aliphatic carbocycles. The maximum atomic E-state index is 12.9. The molecule has 0 saturated carbocycles. The lowest BCUT2D eigenvalue weighted by Gasteiger charge is -2.41. The van der Waals surface area contributed by atoms with Gasteiger partial charge in [0.05, 0.1) is 0 Å². The van der Waals surface area contributed by atoms with Crippen LogP contribution in [0.5, 0.6) is 0 Å². The normalized spacial score (nSPS) is 18.7. The molecular formula is C13H19FN2. The number of hydrogen-bond donors (Lipinski definition) is 1. The predicted molar refractivity (Wildman–Crippen MR) is 63.9 cm³/mol.